The summed E-state index contributed by atoms with van der Waals surface area (Å²) in [7, 11) is 1.73. The van der Waals surface area contributed by atoms with E-state index in [0.717, 1.165) is 0 Å². The Bertz CT molecular complexity index is 566. The molecule has 1 aromatic carbocycles. The lowest BCUT2D eigenvalue weighted by Gasteiger charge is -2.07. The van der Waals surface area contributed by atoms with Crippen LogP contribution in [-0.4, -0.2) is 20.6 Å². The molecule has 2 aromatic rings. The van der Waals surface area contributed by atoms with Crippen molar-refractivity contribution in [1.82, 2.24) is 14.8 Å². The number of aryl methyl sites for hydroxylation is 1. The molecular formula is C10H10ClN5O. The molecule has 88 valence electrons. The number of benzene rings is 1. The fraction of sp³-hybridized carbons (Fsp3) is 0.100. The van der Waals surface area contributed by atoms with E-state index in [1.165, 1.54) is 11.0 Å². The Balaban J connectivity index is 2.37. The van der Waals surface area contributed by atoms with E-state index in [1.807, 2.05) is 0 Å². The van der Waals surface area contributed by atoms with Crippen molar-refractivity contribution in [3.05, 3.63) is 35.1 Å². The van der Waals surface area contributed by atoms with Crippen molar-refractivity contribution in [1.29, 1.82) is 5.41 Å². The minimum absolute atomic E-state index is 0.104. The van der Waals surface area contributed by atoms with E-state index in [4.69, 9.17) is 27.5 Å². The standard InChI is InChI=1S/C10H10ClN5O/c1-16-5-14-10(15-16)17-8-4-6(11)2-3-7(8)9(12)13/h2-5H,1H3,(H3,12,13). The Hall–Kier alpha value is -2.08. The maximum atomic E-state index is 7.43. The molecule has 0 aliphatic heterocycles. The molecule has 1 aromatic heterocycles. The zero-order chi connectivity index (χ0) is 12.4. The van der Waals surface area contributed by atoms with E-state index in [-0.39, 0.29) is 11.8 Å². The van der Waals surface area contributed by atoms with Crippen LogP contribution in [0.3, 0.4) is 0 Å². The van der Waals surface area contributed by atoms with E-state index < -0.39 is 0 Å². The number of nitrogens with zero attached hydrogens (tertiary/aromatic N) is 3. The fourth-order valence-electron chi connectivity index (χ4n) is 1.27. The average molecular weight is 252 g/mol. The summed E-state index contributed by atoms with van der Waals surface area (Å²) in [5, 5.41) is 11.9. The minimum atomic E-state index is -0.104. The van der Waals surface area contributed by atoms with Crippen LogP contribution in [0.25, 0.3) is 0 Å². The van der Waals surface area contributed by atoms with Gasteiger partial charge in [-0.3, -0.25) is 10.1 Å². The Morgan fingerprint density at radius 3 is 2.88 bits per heavy atom. The largest absolute Gasteiger partial charge is 0.422 e. The van der Waals surface area contributed by atoms with Gasteiger partial charge in [0.1, 0.15) is 17.9 Å². The summed E-state index contributed by atoms with van der Waals surface area (Å²) < 4.78 is 6.93. The number of nitrogens with two attached hydrogens (primary N) is 1. The summed E-state index contributed by atoms with van der Waals surface area (Å²) in [6, 6.07) is 4.99. The van der Waals surface area contributed by atoms with Crippen LogP contribution in [0, 0.1) is 5.41 Å². The molecule has 2 rings (SSSR count). The normalized spacial score (nSPS) is 10.2. The Labute approximate surface area is 102 Å². The summed E-state index contributed by atoms with van der Waals surface area (Å²) in [6.07, 6.45) is 1.51. The van der Waals surface area contributed by atoms with Crippen molar-refractivity contribution in [3.63, 3.8) is 0 Å². The molecule has 17 heavy (non-hydrogen) atoms. The van der Waals surface area contributed by atoms with Crippen LogP contribution in [0.1, 0.15) is 5.56 Å². The van der Waals surface area contributed by atoms with Crippen LogP contribution >= 0.6 is 11.6 Å². The number of aromatic nitrogens is 3. The van der Waals surface area contributed by atoms with Crippen molar-refractivity contribution in [2.45, 2.75) is 0 Å². The Morgan fingerprint density at radius 2 is 2.29 bits per heavy atom. The summed E-state index contributed by atoms with van der Waals surface area (Å²) >= 11 is 5.86. The van der Waals surface area contributed by atoms with Gasteiger partial charge >= 0.3 is 6.01 Å². The van der Waals surface area contributed by atoms with Gasteiger partial charge in [0.25, 0.3) is 0 Å². The van der Waals surface area contributed by atoms with Crippen molar-refractivity contribution in [2.24, 2.45) is 12.8 Å². The summed E-state index contributed by atoms with van der Waals surface area (Å²) in [4.78, 5) is 3.92. The fourth-order valence-corrected chi connectivity index (χ4v) is 1.43. The summed E-state index contributed by atoms with van der Waals surface area (Å²) in [5.41, 5.74) is 5.88. The lowest BCUT2D eigenvalue weighted by atomic mass is 10.2. The van der Waals surface area contributed by atoms with Crippen LogP contribution in [0.5, 0.6) is 11.8 Å². The first kappa shape index (κ1) is 11.4. The number of halogens is 1. The molecule has 0 bridgehead atoms. The highest BCUT2D eigenvalue weighted by molar-refractivity contribution is 6.30. The monoisotopic (exact) mass is 251 g/mol. The second-order valence-electron chi connectivity index (χ2n) is 3.36. The zero-order valence-electron chi connectivity index (χ0n) is 9.01. The first-order valence-electron chi connectivity index (χ1n) is 4.73. The number of ether oxygens (including phenoxy) is 1. The SMILES string of the molecule is Cn1cnc(Oc2cc(Cl)ccc2C(=N)N)n1. The van der Waals surface area contributed by atoms with Crippen LogP contribution < -0.4 is 10.5 Å². The van der Waals surface area contributed by atoms with Gasteiger partial charge in [-0.15, -0.1) is 5.10 Å². The molecule has 0 saturated heterocycles. The molecule has 0 radical (unpaired) electrons. The van der Waals surface area contributed by atoms with Crippen LogP contribution in [0.15, 0.2) is 24.5 Å². The van der Waals surface area contributed by atoms with Gasteiger partial charge in [-0.2, -0.15) is 4.98 Å². The van der Waals surface area contributed by atoms with E-state index in [2.05, 4.69) is 10.1 Å². The predicted octanol–water partition coefficient (Wildman–Crippen LogP) is 1.54. The molecule has 3 N–H and O–H groups in total. The number of nitrogen functional groups attached to an aromatic ring is 1. The lowest BCUT2D eigenvalue weighted by Crippen LogP contribution is -2.12. The summed E-state index contributed by atoms with van der Waals surface area (Å²) in [6.45, 7) is 0. The second-order valence-corrected chi connectivity index (χ2v) is 3.79. The van der Waals surface area contributed by atoms with Crippen molar-refractivity contribution in [2.75, 3.05) is 0 Å². The quantitative estimate of drug-likeness (QED) is 0.640. The molecule has 0 spiro atoms. The number of hydrogen-bond donors (Lipinski definition) is 2. The highest BCUT2D eigenvalue weighted by Gasteiger charge is 2.10. The minimum Gasteiger partial charge on any atom is -0.422 e. The van der Waals surface area contributed by atoms with E-state index in [9.17, 15) is 0 Å². The smallest absolute Gasteiger partial charge is 0.341 e. The number of hydrogen-bond acceptors (Lipinski definition) is 4. The third-order valence-electron chi connectivity index (χ3n) is 2.01. The van der Waals surface area contributed by atoms with Gasteiger partial charge < -0.3 is 10.5 Å². The molecule has 0 fully saturated rings. The number of rotatable bonds is 3. The first-order chi connectivity index (χ1) is 8.06. The molecule has 0 aliphatic rings. The van der Waals surface area contributed by atoms with Crippen molar-refractivity contribution in [3.8, 4) is 11.8 Å². The van der Waals surface area contributed by atoms with E-state index in [0.29, 0.717) is 16.3 Å². The third kappa shape index (κ3) is 2.54. The molecule has 1 heterocycles. The molecular weight excluding hydrogens is 242 g/mol. The second kappa shape index (κ2) is 4.42. The van der Waals surface area contributed by atoms with Gasteiger partial charge in [-0.1, -0.05) is 11.6 Å². The molecule has 7 heteroatoms. The molecule has 0 unspecified atom stereocenters. The summed E-state index contributed by atoms with van der Waals surface area (Å²) in [5.74, 6) is 0.254. The van der Waals surface area contributed by atoms with Gasteiger partial charge in [0.15, 0.2) is 0 Å². The highest BCUT2D eigenvalue weighted by atomic mass is 35.5. The lowest BCUT2D eigenvalue weighted by molar-refractivity contribution is 0.438. The van der Waals surface area contributed by atoms with E-state index >= 15 is 0 Å². The molecule has 0 amide bonds. The molecule has 0 atom stereocenters. The Morgan fingerprint density at radius 1 is 1.53 bits per heavy atom. The first-order valence-corrected chi connectivity index (χ1v) is 5.11. The maximum Gasteiger partial charge on any atom is 0.341 e. The average Bonchev–Trinajstić information content (AvgIpc) is 2.63. The van der Waals surface area contributed by atoms with Crippen LogP contribution in [-0.2, 0) is 7.05 Å². The maximum absolute atomic E-state index is 7.43. The molecule has 0 aliphatic carbocycles. The molecule has 6 nitrogen and oxygen atoms in total. The van der Waals surface area contributed by atoms with Crippen LogP contribution in [0.4, 0.5) is 0 Å². The van der Waals surface area contributed by atoms with Crippen LogP contribution in [0.2, 0.25) is 5.02 Å². The van der Waals surface area contributed by atoms with Gasteiger partial charge in [0.05, 0.1) is 5.56 Å². The van der Waals surface area contributed by atoms with Gasteiger partial charge in [-0.05, 0) is 12.1 Å². The number of nitrogens with one attached hydrogen (secondary N) is 1. The number of amidine groups is 1. The van der Waals surface area contributed by atoms with Crippen molar-refractivity contribution >= 4 is 17.4 Å². The van der Waals surface area contributed by atoms with Crippen molar-refractivity contribution < 1.29 is 4.74 Å². The van der Waals surface area contributed by atoms with E-state index in [1.54, 1.807) is 25.2 Å². The predicted molar refractivity (Wildman–Crippen MR) is 63.5 cm³/mol. The third-order valence-corrected chi connectivity index (χ3v) is 2.25. The zero-order valence-corrected chi connectivity index (χ0v) is 9.77. The topological polar surface area (TPSA) is 89.8 Å². The Kier molecular flexibility index (Phi) is 2.97. The van der Waals surface area contributed by atoms with Gasteiger partial charge in [0, 0.05) is 18.1 Å². The molecule has 0 saturated carbocycles. The van der Waals surface area contributed by atoms with Gasteiger partial charge in [-0.25, -0.2) is 0 Å². The van der Waals surface area contributed by atoms with Gasteiger partial charge in [0.2, 0.25) is 0 Å². The highest BCUT2D eigenvalue weighted by Crippen LogP contribution is 2.26.